The molecule has 1 fully saturated rings. The van der Waals surface area contributed by atoms with Crippen molar-refractivity contribution >= 4 is 41.4 Å². The molecule has 158 valence electrons. The number of anilines is 2. The summed E-state index contributed by atoms with van der Waals surface area (Å²) >= 11 is 0. The smallest absolute Gasteiger partial charge is 0.265 e. The lowest BCUT2D eigenvalue weighted by Gasteiger charge is -2.31. The molecule has 0 aromatic heterocycles. The van der Waals surface area contributed by atoms with Crippen LogP contribution in [-0.2, 0) is 4.79 Å². The van der Waals surface area contributed by atoms with Crippen LogP contribution < -0.4 is 15.8 Å². The fraction of sp³-hybridized carbons (Fsp3) is 0.318. The second-order valence-corrected chi connectivity index (χ2v) is 7.52. The average Bonchev–Trinajstić information content (AvgIpc) is 2.73. The zero-order chi connectivity index (χ0) is 20.5. The van der Waals surface area contributed by atoms with E-state index in [9.17, 15) is 14.4 Å². The molecule has 3 N–H and O–H groups in total. The molecule has 0 aliphatic carbocycles. The Morgan fingerprint density at radius 2 is 1.83 bits per heavy atom. The first-order valence-electron chi connectivity index (χ1n) is 9.73. The summed E-state index contributed by atoms with van der Waals surface area (Å²) < 4.78 is 5.54. The normalized spacial score (nSPS) is 18.5. The van der Waals surface area contributed by atoms with Crippen LogP contribution in [0, 0.1) is 5.92 Å². The van der Waals surface area contributed by atoms with E-state index in [0.29, 0.717) is 54.2 Å². The van der Waals surface area contributed by atoms with Crippen molar-refractivity contribution < 1.29 is 19.1 Å². The second-order valence-electron chi connectivity index (χ2n) is 7.52. The number of carbonyl (C=O) groups is 3. The number of ketones is 1. The van der Waals surface area contributed by atoms with Crippen molar-refractivity contribution in [3.63, 3.8) is 0 Å². The number of nitrogens with zero attached hydrogens (tertiary/aromatic N) is 1. The van der Waals surface area contributed by atoms with Gasteiger partial charge in [-0.3, -0.25) is 14.4 Å². The number of nitrogen functional groups attached to an aromatic ring is 1. The molecule has 2 amide bonds. The highest BCUT2D eigenvalue weighted by molar-refractivity contribution is 6.02. The van der Waals surface area contributed by atoms with Crippen molar-refractivity contribution in [2.45, 2.75) is 25.9 Å². The van der Waals surface area contributed by atoms with E-state index >= 15 is 0 Å². The van der Waals surface area contributed by atoms with Gasteiger partial charge in [-0.1, -0.05) is 6.07 Å². The van der Waals surface area contributed by atoms with Crippen LogP contribution in [-0.4, -0.2) is 41.7 Å². The molecule has 1 atom stereocenters. The molecular weight excluding hydrogens is 406 g/mol. The van der Waals surface area contributed by atoms with Gasteiger partial charge in [-0.25, -0.2) is 0 Å². The third kappa shape index (κ3) is 4.26. The summed E-state index contributed by atoms with van der Waals surface area (Å²) in [6, 6.07) is 12.1. The summed E-state index contributed by atoms with van der Waals surface area (Å²) in [7, 11) is 0. The van der Waals surface area contributed by atoms with E-state index in [2.05, 4.69) is 5.32 Å². The molecule has 0 radical (unpaired) electrons. The number of fused-ring (bicyclic) bond motifs is 1. The Bertz CT molecular complexity index is 986. The van der Waals surface area contributed by atoms with Gasteiger partial charge in [0.15, 0.2) is 11.9 Å². The SMILES string of the molecule is CC1Oc2ccc(C(=O)C3CCN(C(=O)c4cccc(N)c4)CC3)cc2NC1=O.Cl. The van der Waals surface area contributed by atoms with Crippen LogP contribution in [0.5, 0.6) is 5.75 Å². The standard InChI is InChI=1S/C22H23N3O4.ClH/c1-13-21(27)24-18-12-15(5-6-19(18)29-13)20(26)14-7-9-25(10-8-14)22(28)16-3-2-4-17(23)11-16;/h2-6,11-14H,7-10,23H2,1H3,(H,24,27);1H. The minimum absolute atomic E-state index is 0. The van der Waals surface area contributed by atoms with E-state index in [0.717, 1.165) is 0 Å². The number of piperidine rings is 1. The minimum atomic E-state index is -0.550. The summed E-state index contributed by atoms with van der Waals surface area (Å²) in [6.07, 6.45) is 0.652. The Kier molecular flexibility index (Phi) is 6.31. The van der Waals surface area contributed by atoms with Gasteiger partial charge in [0.2, 0.25) is 0 Å². The van der Waals surface area contributed by atoms with Gasteiger partial charge in [-0.2, -0.15) is 0 Å². The highest BCUT2D eigenvalue weighted by Crippen LogP contribution is 2.32. The number of hydrogen-bond donors (Lipinski definition) is 2. The van der Waals surface area contributed by atoms with Crippen LogP contribution in [0.4, 0.5) is 11.4 Å². The number of ether oxygens (including phenoxy) is 1. The van der Waals surface area contributed by atoms with E-state index < -0.39 is 6.10 Å². The molecule has 2 aliphatic heterocycles. The van der Waals surface area contributed by atoms with Crippen molar-refractivity contribution in [1.29, 1.82) is 0 Å². The maximum absolute atomic E-state index is 12.9. The van der Waals surface area contributed by atoms with E-state index in [-0.39, 0.29) is 35.9 Å². The lowest BCUT2D eigenvalue weighted by Crippen LogP contribution is -2.40. The summed E-state index contributed by atoms with van der Waals surface area (Å²) in [5.41, 5.74) is 7.95. The van der Waals surface area contributed by atoms with E-state index in [1.54, 1.807) is 54.3 Å². The Morgan fingerprint density at radius 3 is 2.53 bits per heavy atom. The fourth-order valence-electron chi connectivity index (χ4n) is 3.80. The molecule has 1 saturated heterocycles. The predicted molar refractivity (Wildman–Crippen MR) is 116 cm³/mol. The number of Topliss-reactive ketones (excluding diaryl/α,β-unsaturated/α-hetero) is 1. The molecule has 1 unspecified atom stereocenters. The van der Waals surface area contributed by atoms with Gasteiger partial charge in [0.05, 0.1) is 5.69 Å². The number of hydrogen-bond acceptors (Lipinski definition) is 5. The number of rotatable bonds is 3. The Morgan fingerprint density at radius 1 is 1.10 bits per heavy atom. The van der Waals surface area contributed by atoms with Gasteiger partial charge < -0.3 is 20.7 Å². The van der Waals surface area contributed by atoms with Gasteiger partial charge >= 0.3 is 0 Å². The lowest BCUT2D eigenvalue weighted by atomic mass is 9.88. The highest BCUT2D eigenvalue weighted by Gasteiger charge is 2.30. The number of carbonyl (C=O) groups excluding carboxylic acids is 3. The molecule has 2 aromatic carbocycles. The molecular formula is C22H24ClN3O4. The monoisotopic (exact) mass is 429 g/mol. The van der Waals surface area contributed by atoms with Gasteiger partial charge in [-0.15, -0.1) is 12.4 Å². The van der Waals surface area contributed by atoms with Gasteiger partial charge in [0.25, 0.3) is 11.8 Å². The summed E-state index contributed by atoms with van der Waals surface area (Å²) in [4.78, 5) is 39.2. The Labute approximate surface area is 181 Å². The maximum atomic E-state index is 12.9. The zero-order valence-electron chi connectivity index (χ0n) is 16.6. The van der Waals surface area contributed by atoms with Crippen molar-refractivity contribution in [1.82, 2.24) is 4.90 Å². The first-order valence-corrected chi connectivity index (χ1v) is 9.73. The van der Waals surface area contributed by atoms with Crippen LogP contribution in [0.2, 0.25) is 0 Å². The summed E-state index contributed by atoms with van der Waals surface area (Å²) in [5, 5.41) is 2.77. The predicted octanol–water partition coefficient (Wildman–Crippen LogP) is 3.15. The first kappa shape index (κ1) is 21.6. The average molecular weight is 430 g/mol. The number of benzene rings is 2. The number of nitrogens with one attached hydrogen (secondary N) is 1. The summed E-state index contributed by atoms with van der Waals surface area (Å²) in [5.74, 6) is 0.145. The quantitative estimate of drug-likeness (QED) is 0.576. The van der Waals surface area contributed by atoms with Crippen LogP contribution in [0.25, 0.3) is 0 Å². The molecule has 4 rings (SSSR count). The Balaban J connectivity index is 0.00000256. The molecule has 2 aliphatic rings. The molecule has 8 heteroatoms. The molecule has 30 heavy (non-hydrogen) atoms. The number of likely N-dealkylation sites (tertiary alicyclic amines) is 1. The minimum Gasteiger partial charge on any atom is -0.479 e. The van der Waals surface area contributed by atoms with Crippen LogP contribution >= 0.6 is 12.4 Å². The van der Waals surface area contributed by atoms with E-state index in [4.69, 9.17) is 10.5 Å². The fourth-order valence-corrected chi connectivity index (χ4v) is 3.80. The number of amides is 2. The molecule has 2 aromatic rings. The Hall–Kier alpha value is -3.06. The molecule has 2 heterocycles. The maximum Gasteiger partial charge on any atom is 0.265 e. The second kappa shape index (κ2) is 8.75. The topological polar surface area (TPSA) is 102 Å². The van der Waals surface area contributed by atoms with Crippen LogP contribution in [0.3, 0.4) is 0 Å². The van der Waals surface area contributed by atoms with Gasteiger partial charge in [0, 0.05) is 35.8 Å². The zero-order valence-corrected chi connectivity index (χ0v) is 17.4. The molecule has 0 bridgehead atoms. The molecule has 0 spiro atoms. The first-order chi connectivity index (χ1) is 13.9. The largest absolute Gasteiger partial charge is 0.479 e. The van der Waals surface area contributed by atoms with Gasteiger partial charge in [0.1, 0.15) is 5.75 Å². The lowest BCUT2D eigenvalue weighted by molar-refractivity contribution is -0.122. The van der Waals surface area contributed by atoms with Crippen molar-refractivity contribution in [3.05, 3.63) is 53.6 Å². The van der Waals surface area contributed by atoms with Crippen molar-refractivity contribution in [3.8, 4) is 5.75 Å². The third-order valence-electron chi connectivity index (χ3n) is 5.48. The van der Waals surface area contributed by atoms with Crippen molar-refractivity contribution in [2.24, 2.45) is 5.92 Å². The molecule has 7 nitrogen and oxygen atoms in total. The number of halogens is 1. The molecule has 0 saturated carbocycles. The van der Waals surface area contributed by atoms with Crippen LogP contribution in [0.1, 0.15) is 40.5 Å². The highest BCUT2D eigenvalue weighted by atomic mass is 35.5. The third-order valence-corrected chi connectivity index (χ3v) is 5.48. The number of nitrogens with two attached hydrogens (primary N) is 1. The van der Waals surface area contributed by atoms with Crippen LogP contribution in [0.15, 0.2) is 42.5 Å². The van der Waals surface area contributed by atoms with E-state index in [1.165, 1.54) is 0 Å². The summed E-state index contributed by atoms with van der Waals surface area (Å²) in [6.45, 7) is 2.72. The van der Waals surface area contributed by atoms with Gasteiger partial charge in [-0.05, 0) is 56.2 Å². The van der Waals surface area contributed by atoms with E-state index in [1.807, 2.05) is 0 Å². The van der Waals surface area contributed by atoms with Crippen molar-refractivity contribution in [2.75, 3.05) is 24.1 Å².